The molecule has 0 spiro atoms. The molecule has 0 unspecified atom stereocenters. The van der Waals surface area contributed by atoms with Crippen LogP contribution in [0.3, 0.4) is 0 Å². The predicted molar refractivity (Wildman–Crippen MR) is 53.9 cm³/mol. The maximum absolute atomic E-state index is 11.0. The van der Waals surface area contributed by atoms with Crippen molar-refractivity contribution in [3.63, 3.8) is 0 Å². The standard InChI is InChI=1S/C8H14ClNOS/c9-4-1-5-10-8-2-6-12(11)7-3-8/h1,4,8,10H,2-3,5-7H2/b4-1+. The number of rotatable bonds is 3. The van der Waals surface area contributed by atoms with Gasteiger partial charge in [-0.1, -0.05) is 17.7 Å². The summed E-state index contributed by atoms with van der Waals surface area (Å²) in [6, 6.07) is 0.538. The van der Waals surface area contributed by atoms with Gasteiger partial charge in [-0.2, -0.15) is 0 Å². The summed E-state index contributed by atoms with van der Waals surface area (Å²) < 4.78 is 11.0. The van der Waals surface area contributed by atoms with Gasteiger partial charge in [0.05, 0.1) is 0 Å². The smallest absolute Gasteiger partial charge is 0.0249 e. The number of nitrogens with one attached hydrogen (secondary N) is 1. The monoisotopic (exact) mass is 207 g/mol. The first-order chi connectivity index (χ1) is 5.83. The summed E-state index contributed by atoms with van der Waals surface area (Å²) in [5, 5.41) is 3.34. The molecular weight excluding hydrogens is 194 g/mol. The van der Waals surface area contributed by atoms with E-state index < -0.39 is 10.8 Å². The van der Waals surface area contributed by atoms with E-state index in [1.54, 1.807) is 0 Å². The van der Waals surface area contributed by atoms with E-state index in [9.17, 15) is 4.21 Å². The maximum Gasteiger partial charge on any atom is 0.0249 e. The van der Waals surface area contributed by atoms with Gasteiger partial charge in [-0.15, -0.1) is 0 Å². The maximum atomic E-state index is 11.0. The molecule has 1 N–H and O–H groups in total. The van der Waals surface area contributed by atoms with Gasteiger partial charge in [-0.3, -0.25) is 4.21 Å². The fraction of sp³-hybridized carbons (Fsp3) is 0.750. The second-order valence-corrected chi connectivity index (χ2v) is 4.84. The largest absolute Gasteiger partial charge is 0.310 e. The summed E-state index contributed by atoms with van der Waals surface area (Å²) in [6.45, 7) is 0.820. The van der Waals surface area contributed by atoms with Crippen molar-refractivity contribution in [2.24, 2.45) is 0 Å². The average molecular weight is 208 g/mol. The van der Waals surface area contributed by atoms with Crippen LogP contribution in [0.15, 0.2) is 11.6 Å². The fourth-order valence-electron chi connectivity index (χ4n) is 1.28. The van der Waals surface area contributed by atoms with Crippen LogP contribution < -0.4 is 5.32 Å². The third-order valence-corrected chi connectivity index (χ3v) is 3.56. The van der Waals surface area contributed by atoms with Gasteiger partial charge in [0, 0.05) is 40.4 Å². The van der Waals surface area contributed by atoms with Gasteiger partial charge >= 0.3 is 0 Å². The second-order valence-electron chi connectivity index (χ2n) is 2.89. The molecule has 0 radical (unpaired) electrons. The fourth-order valence-corrected chi connectivity index (χ4v) is 2.67. The molecule has 0 aromatic carbocycles. The van der Waals surface area contributed by atoms with Gasteiger partial charge in [0.1, 0.15) is 0 Å². The molecule has 0 amide bonds. The van der Waals surface area contributed by atoms with E-state index >= 15 is 0 Å². The SMILES string of the molecule is O=S1CCC(NC/C=C/Cl)CC1. The number of halogens is 1. The van der Waals surface area contributed by atoms with Crippen LogP contribution in [0.4, 0.5) is 0 Å². The Balaban J connectivity index is 2.13. The van der Waals surface area contributed by atoms with Crippen LogP contribution in [0.1, 0.15) is 12.8 Å². The lowest BCUT2D eigenvalue weighted by Crippen LogP contribution is -2.35. The minimum absolute atomic E-state index is 0.538. The van der Waals surface area contributed by atoms with Crippen molar-refractivity contribution in [2.45, 2.75) is 18.9 Å². The molecule has 0 aliphatic carbocycles. The van der Waals surface area contributed by atoms with Gasteiger partial charge in [-0.05, 0) is 12.8 Å². The van der Waals surface area contributed by atoms with E-state index in [-0.39, 0.29) is 0 Å². The molecule has 1 aliphatic rings. The summed E-state index contributed by atoms with van der Waals surface area (Å²) in [4.78, 5) is 0. The van der Waals surface area contributed by atoms with E-state index in [1.165, 1.54) is 5.54 Å². The van der Waals surface area contributed by atoms with Crippen molar-refractivity contribution in [1.82, 2.24) is 5.32 Å². The second kappa shape index (κ2) is 5.73. The van der Waals surface area contributed by atoms with Crippen LogP contribution in [0, 0.1) is 0 Å². The zero-order chi connectivity index (χ0) is 8.81. The summed E-state index contributed by atoms with van der Waals surface area (Å²) in [6.07, 6.45) is 3.94. The minimum Gasteiger partial charge on any atom is -0.310 e. The van der Waals surface area contributed by atoms with Crippen molar-refractivity contribution < 1.29 is 4.21 Å². The molecule has 0 bridgehead atoms. The van der Waals surface area contributed by atoms with Crippen molar-refractivity contribution in [3.05, 3.63) is 11.6 Å². The van der Waals surface area contributed by atoms with E-state index in [0.29, 0.717) is 6.04 Å². The summed E-state index contributed by atoms with van der Waals surface area (Å²) in [5.41, 5.74) is 1.52. The highest BCUT2D eigenvalue weighted by Crippen LogP contribution is 2.08. The van der Waals surface area contributed by atoms with Crippen LogP contribution in [0.2, 0.25) is 0 Å². The highest BCUT2D eigenvalue weighted by Gasteiger charge is 2.15. The number of hydrogen-bond donors (Lipinski definition) is 1. The van der Waals surface area contributed by atoms with E-state index in [4.69, 9.17) is 11.6 Å². The Bertz CT molecular complexity index is 174. The van der Waals surface area contributed by atoms with Gasteiger partial charge in [0.2, 0.25) is 0 Å². The van der Waals surface area contributed by atoms with Gasteiger partial charge in [0.25, 0.3) is 0 Å². The first kappa shape index (κ1) is 10.2. The highest BCUT2D eigenvalue weighted by atomic mass is 35.5. The molecule has 12 heavy (non-hydrogen) atoms. The molecule has 2 nitrogen and oxygen atoms in total. The minimum atomic E-state index is -0.552. The molecule has 0 aromatic rings. The molecule has 1 saturated heterocycles. The van der Waals surface area contributed by atoms with Crippen molar-refractivity contribution >= 4 is 22.4 Å². The molecule has 1 fully saturated rings. The third kappa shape index (κ3) is 3.70. The predicted octanol–water partition coefficient (Wildman–Crippen LogP) is 1.24. The van der Waals surface area contributed by atoms with E-state index in [2.05, 4.69) is 5.32 Å². The van der Waals surface area contributed by atoms with Crippen molar-refractivity contribution in [1.29, 1.82) is 0 Å². The van der Waals surface area contributed by atoms with Crippen LogP contribution in [0.25, 0.3) is 0 Å². The molecule has 4 heteroatoms. The topological polar surface area (TPSA) is 29.1 Å². The van der Waals surface area contributed by atoms with Crippen LogP contribution in [-0.4, -0.2) is 28.3 Å². The first-order valence-electron chi connectivity index (χ1n) is 4.16. The van der Waals surface area contributed by atoms with Gasteiger partial charge in [-0.25, -0.2) is 0 Å². The zero-order valence-electron chi connectivity index (χ0n) is 6.96. The third-order valence-electron chi connectivity index (χ3n) is 2.00. The molecule has 0 aromatic heterocycles. The lowest BCUT2D eigenvalue weighted by Gasteiger charge is -2.21. The Morgan fingerprint density at radius 3 is 2.75 bits per heavy atom. The van der Waals surface area contributed by atoms with E-state index in [0.717, 1.165) is 30.9 Å². The Labute approximate surface area is 80.8 Å². The molecule has 1 rings (SSSR count). The van der Waals surface area contributed by atoms with Gasteiger partial charge < -0.3 is 5.32 Å². The van der Waals surface area contributed by atoms with Crippen LogP contribution in [-0.2, 0) is 10.8 Å². The Morgan fingerprint density at radius 2 is 2.17 bits per heavy atom. The summed E-state index contributed by atoms with van der Waals surface area (Å²) in [5.74, 6) is 1.70. The highest BCUT2D eigenvalue weighted by molar-refractivity contribution is 7.85. The van der Waals surface area contributed by atoms with Crippen LogP contribution in [0.5, 0.6) is 0 Å². The normalized spacial score (nSPS) is 31.1. The molecule has 1 heterocycles. The first-order valence-corrected chi connectivity index (χ1v) is 6.09. The van der Waals surface area contributed by atoms with Crippen LogP contribution >= 0.6 is 11.6 Å². The molecule has 70 valence electrons. The Kier molecular flexibility index (Phi) is 4.88. The molecular formula is C8H14ClNOS. The lowest BCUT2D eigenvalue weighted by atomic mass is 10.1. The average Bonchev–Trinajstić information content (AvgIpc) is 2.09. The molecule has 0 saturated carbocycles. The quantitative estimate of drug-likeness (QED) is 0.755. The zero-order valence-corrected chi connectivity index (χ0v) is 8.53. The number of hydrogen-bond acceptors (Lipinski definition) is 2. The lowest BCUT2D eigenvalue weighted by molar-refractivity contribution is 0.499. The molecule has 0 atom stereocenters. The molecule has 1 aliphatic heterocycles. The van der Waals surface area contributed by atoms with Gasteiger partial charge in [0.15, 0.2) is 0 Å². The summed E-state index contributed by atoms with van der Waals surface area (Å²) >= 11 is 5.37. The summed E-state index contributed by atoms with van der Waals surface area (Å²) in [7, 11) is -0.552. The van der Waals surface area contributed by atoms with E-state index in [1.807, 2.05) is 6.08 Å². The Hall–Kier alpha value is 0.140. The van der Waals surface area contributed by atoms with Crippen molar-refractivity contribution in [2.75, 3.05) is 18.1 Å². The Morgan fingerprint density at radius 1 is 1.50 bits per heavy atom. The van der Waals surface area contributed by atoms with Crippen molar-refractivity contribution in [3.8, 4) is 0 Å².